The maximum absolute atomic E-state index is 13.9. The maximum Gasteiger partial charge on any atom is 0.233 e. The van der Waals surface area contributed by atoms with E-state index in [1.54, 1.807) is 7.11 Å². The van der Waals surface area contributed by atoms with Crippen LogP contribution in [-0.4, -0.2) is 62.5 Å². The molecule has 1 atom stereocenters. The molecule has 0 unspecified atom stereocenters. The highest BCUT2D eigenvalue weighted by atomic mass is 16.6. The van der Waals surface area contributed by atoms with Crippen molar-refractivity contribution in [2.75, 3.05) is 40.0 Å². The fourth-order valence-electron chi connectivity index (χ4n) is 5.59. The van der Waals surface area contributed by atoms with Gasteiger partial charge in [-0.3, -0.25) is 4.79 Å². The second kappa shape index (κ2) is 9.35. The van der Waals surface area contributed by atoms with Crippen LogP contribution in [0.25, 0.3) is 0 Å². The first-order valence-electron chi connectivity index (χ1n) is 12.0. The topological polar surface area (TPSA) is 57.2 Å². The van der Waals surface area contributed by atoms with Gasteiger partial charge in [-0.25, -0.2) is 0 Å². The molecule has 0 aromatic heterocycles. The molecule has 0 radical (unpaired) electrons. The number of benzene rings is 2. The highest BCUT2D eigenvalue weighted by molar-refractivity contribution is 5.88. The SMILES string of the molecule is COc1ccc(C2(C(=O)N3CCC4(CC3)C[C@@H](Oc3ccccc3)CO4)CCOCC2)cc1. The number of carbonyl (C=O) groups excluding carboxylic acids is 1. The lowest BCUT2D eigenvalue weighted by atomic mass is 9.72. The van der Waals surface area contributed by atoms with Gasteiger partial charge in [-0.05, 0) is 55.5 Å². The van der Waals surface area contributed by atoms with Gasteiger partial charge in [0.2, 0.25) is 5.91 Å². The van der Waals surface area contributed by atoms with Crippen molar-refractivity contribution in [2.24, 2.45) is 0 Å². The maximum atomic E-state index is 13.9. The summed E-state index contributed by atoms with van der Waals surface area (Å²) in [7, 11) is 1.66. The number of piperidine rings is 1. The van der Waals surface area contributed by atoms with E-state index in [4.69, 9.17) is 18.9 Å². The van der Waals surface area contributed by atoms with E-state index in [0.717, 1.165) is 49.4 Å². The van der Waals surface area contributed by atoms with Crippen molar-refractivity contribution in [1.29, 1.82) is 0 Å². The van der Waals surface area contributed by atoms with E-state index in [1.165, 1.54) is 0 Å². The number of hydrogen-bond acceptors (Lipinski definition) is 5. The molecular weight excluding hydrogens is 418 g/mol. The van der Waals surface area contributed by atoms with E-state index in [0.29, 0.717) is 32.7 Å². The average Bonchev–Trinajstić information content (AvgIpc) is 3.26. The molecular formula is C27H33NO5. The molecule has 2 aromatic rings. The van der Waals surface area contributed by atoms with Crippen molar-refractivity contribution < 1.29 is 23.7 Å². The lowest BCUT2D eigenvalue weighted by Gasteiger charge is -2.44. The van der Waals surface area contributed by atoms with Gasteiger partial charge < -0.3 is 23.8 Å². The third-order valence-corrected chi connectivity index (χ3v) is 7.58. The van der Waals surface area contributed by atoms with Crippen LogP contribution in [-0.2, 0) is 19.7 Å². The third-order valence-electron chi connectivity index (χ3n) is 7.58. The number of nitrogens with zero attached hydrogens (tertiary/aromatic N) is 1. The molecule has 176 valence electrons. The Morgan fingerprint density at radius 1 is 0.939 bits per heavy atom. The molecule has 2 aromatic carbocycles. The first-order chi connectivity index (χ1) is 16.1. The molecule has 3 aliphatic rings. The standard InChI is InChI=1S/C27H33NO5/c1-30-22-9-7-21(8-10-22)27(13-17-31-18-14-27)25(29)28-15-11-26(12-16-28)19-24(20-32-26)33-23-5-3-2-4-6-23/h2-10,24H,11-20H2,1H3/t24-/m1/s1. The predicted molar refractivity (Wildman–Crippen MR) is 125 cm³/mol. The molecule has 1 amide bonds. The number of amides is 1. The number of ether oxygens (including phenoxy) is 4. The fourth-order valence-corrected chi connectivity index (χ4v) is 5.59. The zero-order valence-corrected chi connectivity index (χ0v) is 19.3. The molecule has 6 nitrogen and oxygen atoms in total. The van der Waals surface area contributed by atoms with Gasteiger partial charge in [-0.15, -0.1) is 0 Å². The molecule has 3 heterocycles. The van der Waals surface area contributed by atoms with Gasteiger partial charge in [0.15, 0.2) is 0 Å². The van der Waals surface area contributed by atoms with Crippen LogP contribution in [0.2, 0.25) is 0 Å². The van der Waals surface area contributed by atoms with Gasteiger partial charge in [0, 0.05) is 32.7 Å². The van der Waals surface area contributed by atoms with Crippen molar-refractivity contribution in [1.82, 2.24) is 4.90 Å². The van der Waals surface area contributed by atoms with Crippen LogP contribution in [0.3, 0.4) is 0 Å². The van der Waals surface area contributed by atoms with Crippen LogP contribution < -0.4 is 9.47 Å². The Kier molecular flexibility index (Phi) is 6.30. The lowest BCUT2D eigenvalue weighted by Crippen LogP contribution is -2.54. The first kappa shape index (κ1) is 22.2. The van der Waals surface area contributed by atoms with Gasteiger partial charge in [0.05, 0.1) is 24.7 Å². The van der Waals surface area contributed by atoms with Gasteiger partial charge >= 0.3 is 0 Å². The van der Waals surface area contributed by atoms with Crippen molar-refractivity contribution >= 4 is 5.91 Å². The van der Waals surface area contributed by atoms with Crippen molar-refractivity contribution in [3.05, 3.63) is 60.2 Å². The fraction of sp³-hybridized carbons (Fsp3) is 0.519. The Balaban J connectivity index is 1.25. The van der Waals surface area contributed by atoms with Gasteiger partial charge in [-0.2, -0.15) is 0 Å². The smallest absolute Gasteiger partial charge is 0.233 e. The second-order valence-electron chi connectivity index (χ2n) is 9.47. The number of para-hydroxylation sites is 1. The number of rotatable bonds is 5. The molecule has 0 aliphatic carbocycles. The number of hydrogen-bond donors (Lipinski definition) is 0. The summed E-state index contributed by atoms with van der Waals surface area (Å²) in [5.41, 5.74) is 0.356. The van der Waals surface area contributed by atoms with Crippen LogP contribution in [0, 0.1) is 0 Å². The Bertz CT molecular complexity index is 931. The van der Waals surface area contributed by atoms with Crippen molar-refractivity contribution in [3.63, 3.8) is 0 Å². The predicted octanol–water partition coefficient (Wildman–Crippen LogP) is 3.97. The third kappa shape index (κ3) is 4.46. The highest BCUT2D eigenvalue weighted by Gasteiger charge is 2.48. The molecule has 1 spiro atoms. The molecule has 3 aliphatic heterocycles. The largest absolute Gasteiger partial charge is 0.497 e. The number of likely N-dealkylation sites (tertiary alicyclic amines) is 1. The van der Waals surface area contributed by atoms with Crippen LogP contribution in [0.4, 0.5) is 0 Å². The Morgan fingerprint density at radius 2 is 1.64 bits per heavy atom. The van der Waals surface area contributed by atoms with Gasteiger partial charge in [0.1, 0.15) is 17.6 Å². The Hall–Kier alpha value is -2.57. The summed E-state index contributed by atoms with van der Waals surface area (Å²) in [5, 5.41) is 0. The highest BCUT2D eigenvalue weighted by Crippen LogP contribution is 2.41. The van der Waals surface area contributed by atoms with Crippen molar-refractivity contribution in [2.45, 2.75) is 49.2 Å². The summed E-state index contributed by atoms with van der Waals surface area (Å²) >= 11 is 0. The minimum Gasteiger partial charge on any atom is -0.497 e. The van der Waals surface area contributed by atoms with Crippen molar-refractivity contribution in [3.8, 4) is 11.5 Å². The molecule has 6 heteroatoms. The lowest BCUT2D eigenvalue weighted by molar-refractivity contribution is -0.146. The van der Waals surface area contributed by atoms with Crippen LogP contribution in [0.5, 0.6) is 11.5 Å². The monoisotopic (exact) mass is 451 g/mol. The normalized spacial score (nSPS) is 23.9. The quantitative estimate of drug-likeness (QED) is 0.689. The molecule has 33 heavy (non-hydrogen) atoms. The zero-order chi connectivity index (χ0) is 22.7. The minimum absolute atomic E-state index is 0.0655. The minimum atomic E-state index is -0.523. The molecule has 3 saturated heterocycles. The Labute approximate surface area is 195 Å². The van der Waals surface area contributed by atoms with E-state index < -0.39 is 5.41 Å². The second-order valence-corrected chi connectivity index (χ2v) is 9.47. The average molecular weight is 452 g/mol. The molecule has 3 fully saturated rings. The summed E-state index contributed by atoms with van der Waals surface area (Å²) in [6, 6.07) is 17.9. The molecule has 5 rings (SSSR count). The Morgan fingerprint density at radius 3 is 2.30 bits per heavy atom. The molecule has 0 saturated carbocycles. The summed E-state index contributed by atoms with van der Waals surface area (Å²) in [6.07, 6.45) is 4.06. The van der Waals surface area contributed by atoms with Crippen LogP contribution >= 0.6 is 0 Å². The van der Waals surface area contributed by atoms with E-state index in [-0.39, 0.29) is 17.6 Å². The van der Waals surface area contributed by atoms with E-state index in [2.05, 4.69) is 4.90 Å². The summed E-state index contributed by atoms with van der Waals surface area (Å²) in [6.45, 7) is 3.26. The molecule has 0 bridgehead atoms. The first-order valence-corrected chi connectivity index (χ1v) is 12.0. The summed E-state index contributed by atoms with van der Waals surface area (Å²) in [5.74, 6) is 1.91. The molecule has 0 N–H and O–H groups in total. The summed E-state index contributed by atoms with van der Waals surface area (Å²) in [4.78, 5) is 16.0. The van der Waals surface area contributed by atoms with Gasteiger partial charge in [0.25, 0.3) is 0 Å². The summed E-state index contributed by atoms with van der Waals surface area (Å²) < 4.78 is 23.4. The number of methoxy groups -OCH3 is 1. The zero-order valence-electron chi connectivity index (χ0n) is 19.3. The van der Waals surface area contributed by atoms with E-state index in [9.17, 15) is 4.79 Å². The number of carbonyl (C=O) groups is 1. The van der Waals surface area contributed by atoms with Crippen LogP contribution in [0.1, 0.15) is 37.7 Å². The van der Waals surface area contributed by atoms with Crippen LogP contribution in [0.15, 0.2) is 54.6 Å². The van der Waals surface area contributed by atoms with Gasteiger partial charge in [-0.1, -0.05) is 30.3 Å². The van der Waals surface area contributed by atoms with E-state index >= 15 is 0 Å². The van der Waals surface area contributed by atoms with E-state index in [1.807, 2.05) is 54.6 Å².